The van der Waals surface area contributed by atoms with Crippen LogP contribution in [0, 0.1) is 11.8 Å². The van der Waals surface area contributed by atoms with Crippen molar-refractivity contribution in [2.75, 3.05) is 13.2 Å². The van der Waals surface area contributed by atoms with Crippen LogP contribution in [-0.2, 0) is 9.47 Å². The molecule has 0 bridgehead atoms. The van der Waals surface area contributed by atoms with E-state index in [1.54, 1.807) is 0 Å². The molecule has 2 atom stereocenters. The Morgan fingerprint density at radius 3 is 1.91 bits per heavy atom. The predicted molar refractivity (Wildman–Crippen MR) is 42.2 cm³/mol. The van der Waals surface area contributed by atoms with Crippen molar-refractivity contribution < 1.29 is 9.47 Å². The maximum absolute atomic E-state index is 5.62. The van der Waals surface area contributed by atoms with Crippen molar-refractivity contribution in [3.8, 4) is 0 Å². The van der Waals surface area contributed by atoms with Crippen molar-refractivity contribution in [2.24, 2.45) is 11.8 Å². The maximum atomic E-state index is 5.62. The first-order valence-electron chi connectivity index (χ1n) is 4.50. The zero-order chi connectivity index (χ0) is 7.90. The molecular weight excluding hydrogens is 140 g/mol. The summed E-state index contributed by atoms with van der Waals surface area (Å²) >= 11 is 0. The molecular formula is C9H16O2. The van der Waals surface area contributed by atoms with E-state index in [1.165, 1.54) is 0 Å². The summed E-state index contributed by atoms with van der Waals surface area (Å²) in [7, 11) is 0. The van der Waals surface area contributed by atoms with Crippen molar-refractivity contribution in [1.82, 2.24) is 0 Å². The Labute approximate surface area is 67.9 Å². The highest BCUT2D eigenvalue weighted by molar-refractivity contribution is 4.88. The average molecular weight is 156 g/mol. The van der Waals surface area contributed by atoms with E-state index in [9.17, 15) is 0 Å². The Kier molecular flexibility index (Phi) is 1.69. The minimum Gasteiger partial charge on any atom is -0.348 e. The molecule has 2 heteroatoms. The van der Waals surface area contributed by atoms with Crippen LogP contribution in [0.25, 0.3) is 0 Å². The minimum absolute atomic E-state index is 0.168. The number of rotatable bonds is 0. The molecule has 2 unspecified atom stereocenters. The molecule has 2 aliphatic rings. The van der Waals surface area contributed by atoms with Gasteiger partial charge in [0.05, 0.1) is 13.2 Å². The molecule has 0 N–H and O–H groups in total. The van der Waals surface area contributed by atoms with Gasteiger partial charge in [-0.2, -0.15) is 0 Å². The Bertz CT molecular complexity index is 138. The van der Waals surface area contributed by atoms with Crippen LogP contribution in [0.1, 0.15) is 26.7 Å². The molecule has 0 radical (unpaired) electrons. The summed E-state index contributed by atoms with van der Waals surface area (Å²) in [5, 5.41) is 0. The van der Waals surface area contributed by atoms with Crippen molar-refractivity contribution in [2.45, 2.75) is 32.5 Å². The van der Waals surface area contributed by atoms with Crippen LogP contribution in [-0.4, -0.2) is 19.0 Å². The van der Waals surface area contributed by atoms with Gasteiger partial charge in [-0.25, -0.2) is 0 Å². The summed E-state index contributed by atoms with van der Waals surface area (Å²) in [6.45, 7) is 6.15. The lowest BCUT2D eigenvalue weighted by molar-refractivity contribution is -0.153. The van der Waals surface area contributed by atoms with Gasteiger partial charge in [0.2, 0.25) is 0 Å². The van der Waals surface area contributed by atoms with Gasteiger partial charge in [0.1, 0.15) is 0 Å². The number of hydrogen-bond donors (Lipinski definition) is 0. The van der Waals surface area contributed by atoms with E-state index >= 15 is 0 Å². The van der Waals surface area contributed by atoms with Gasteiger partial charge in [0.25, 0.3) is 0 Å². The second kappa shape index (κ2) is 2.46. The van der Waals surface area contributed by atoms with Gasteiger partial charge in [0.15, 0.2) is 5.79 Å². The van der Waals surface area contributed by atoms with E-state index in [2.05, 4.69) is 13.8 Å². The molecule has 0 aromatic rings. The normalized spacial score (nSPS) is 42.0. The highest BCUT2D eigenvalue weighted by Crippen LogP contribution is 2.43. The third-order valence-corrected chi connectivity index (χ3v) is 3.05. The van der Waals surface area contributed by atoms with Gasteiger partial charge in [-0.05, 0) is 11.8 Å². The van der Waals surface area contributed by atoms with Gasteiger partial charge < -0.3 is 9.47 Å². The second-order valence-electron chi connectivity index (χ2n) is 3.97. The smallest absolute Gasteiger partial charge is 0.169 e. The monoisotopic (exact) mass is 156 g/mol. The summed E-state index contributed by atoms with van der Waals surface area (Å²) in [5.74, 6) is 1.35. The van der Waals surface area contributed by atoms with Crippen LogP contribution in [0.2, 0.25) is 0 Å². The number of hydrogen-bond acceptors (Lipinski definition) is 2. The Hall–Kier alpha value is -0.0800. The Balaban J connectivity index is 2.06. The molecule has 1 heterocycles. The van der Waals surface area contributed by atoms with Crippen LogP contribution in [0.15, 0.2) is 0 Å². The quantitative estimate of drug-likeness (QED) is 0.532. The van der Waals surface area contributed by atoms with E-state index in [1.807, 2.05) is 0 Å². The van der Waals surface area contributed by atoms with E-state index < -0.39 is 0 Å². The molecule has 1 aliphatic carbocycles. The van der Waals surface area contributed by atoms with Crippen LogP contribution >= 0.6 is 0 Å². The minimum atomic E-state index is -0.168. The molecule has 1 aliphatic heterocycles. The van der Waals surface area contributed by atoms with Crippen LogP contribution in [0.3, 0.4) is 0 Å². The standard InChI is InChI=1S/C9H16O2/c1-7-5-9(6-8(7)2)10-3-4-11-9/h7-8H,3-6H2,1-2H3. The summed E-state index contributed by atoms with van der Waals surface area (Å²) in [4.78, 5) is 0. The third kappa shape index (κ3) is 1.18. The molecule has 0 amide bonds. The topological polar surface area (TPSA) is 18.5 Å². The molecule has 1 saturated heterocycles. The largest absolute Gasteiger partial charge is 0.348 e. The zero-order valence-electron chi connectivity index (χ0n) is 7.30. The fraction of sp³-hybridized carbons (Fsp3) is 1.00. The lowest BCUT2D eigenvalue weighted by atomic mass is 10.0. The van der Waals surface area contributed by atoms with E-state index in [0.717, 1.165) is 37.9 Å². The Morgan fingerprint density at radius 2 is 1.45 bits per heavy atom. The molecule has 64 valence electrons. The van der Waals surface area contributed by atoms with Crippen LogP contribution < -0.4 is 0 Å². The predicted octanol–water partition coefficient (Wildman–Crippen LogP) is 1.80. The van der Waals surface area contributed by atoms with Crippen molar-refractivity contribution >= 4 is 0 Å². The summed E-state index contributed by atoms with van der Waals surface area (Å²) in [6, 6.07) is 0. The number of ether oxygens (including phenoxy) is 2. The zero-order valence-corrected chi connectivity index (χ0v) is 7.30. The summed E-state index contributed by atoms with van der Waals surface area (Å²) in [6.07, 6.45) is 2.18. The first kappa shape index (κ1) is 7.56. The molecule has 1 spiro atoms. The van der Waals surface area contributed by atoms with Crippen molar-refractivity contribution in [3.05, 3.63) is 0 Å². The molecule has 0 aromatic carbocycles. The van der Waals surface area contributed by atoms with Gasteiger partial charge in [-0.1, -0.05) is 13.8 Å². The SMILES string of the molecule is CC1CC2(CC1C)OCCO2. The maximum Gasteiger partial charge on any atom is 0.169 e. The second-order valence-corrected chi connectivity index (χ2v) is 3.97. The first-order chi connectivity index (χ1) is 5.22. The van der Waals surface area contributed by atoms with E-state index in [4.69, 9.17) is 9.47 Å². The van der Waals surface area contributed by atoms with Crippen LogP contribution in [0.4, 0.5) is 0 Å². The first-order valence-corrected chi connectivity index (χ1v) is 4.50. The molecule has 2 rings (SSSR count). The lowest BCUT2D eigenvalue weighted by Gasteiger charge is -2.20. The molecule has 2 fully saturated rings. The van der Waals surface area contributed by atoms with Crippen molar-refractivity contribution in [3.63, 3.8) is 0 Å². The van der Waals surface area contributed by atoms with Crippen molar-refractivity contribution in [1.29, 1.82) is 0 Å². The fourth-order valence-corrected chi connectivity index (χ4v) is 2.20. The Morgan fingerprint density at radius 1 is 1.00 bits per heavy atom. The average Bonchev–Trinajstić information content (AvgIpc) is 2.46. The highest BCUT2D eigenvalue weighted by Gasteiger charge is 2.45. The lowest BCUT2D eigenvalue weighted by Crippen LogP contribution is -2.26. The molecule has 1 saturated carbocycles. The summed E-state index contributed by atoms with van der Waals surface area (Å²) in [5.41, 5.74) is 0. The summed E-state index contributed by atoms with van der Waals surface area (Å²) < 4.78 is 11.2. The molecule has 11 heavy (non-hydrogen) atoms. The van der Waals surface area contributed by atoms with E-state index in [-0.39, 0.29) is 5.79 Å². The third-order valence-electron chi connectivity index (χ3n) is 3.05. The molecule has 0 aromatic heterocycles. The fourth-order valence-electron chi connectivity index (χ4n) is 2.20. The van der Waals surface area contributed by atoms with E-state index in [0.29, 0.717) is 0 Å². The molecule has 2 nitrogen and oxygen atoms in total. The highest BCUT2D eigenvalue weighted by atomic mass is 16.7. The van der Waals surface area contributed by atoms with Gasteiger partial charge in [-0.3, -0.25) is 0 Å². The van der Waals surface area contributed by atoms with Gasteiger partial charge in [0, 0.05) is 12.8 Å². The van der Waals surface area contributed by atoms with Gasteiger partial charge in [-0.15, -0.1) is 0 Å². The van der Waals surface area contributed by atoms with Crippen LogP contribution in [0.5, 0.6) is 0 Å². The van der Waals surface area contributed by atoms with Gasteiger partial charge >= 0.3 is 0 Å².